The Morgan fingerprint density at radius 2 is 0.716 bits per heavy atom. The van der Waals surface area contributed by atoms with Gasteiger partial charge in [0.15, 0.2) is 12.4 Å². The third kappa shape index (κ3) is 25.3. The van der Waals surface area contributed by atoms with Crippen LogP contribution in [0.15, 0.2) is 248 Å². The molecule has 0 spiro atoms. The molecular weight excluding hydrogens is 1310 g/mol. The molecule has 1 aliphatic carbocycles. The Balaban J connectivity index is 1.09. The largest absolute Gasteiger partial charge is 0.475 e. The number of hydrogen-bond acceptors (Lipinski definition) is 15. The lowest BCUT2D eigenvalue weighted by molar-refractivity contribution is -0.334. The molecule has 1 saturated heterocycles. The number of ether oxygens (including phenoxy) is 9. The van der Waals surface area contributed by atoms with Crippen molar-refractivity contribution in [1.82, 2.24) is 0 Å². The van der Waals surface area contributed by atoms with Crippen molar-refractivity contribution in [3.8, 4) is 0 Å². The van der Waals surface area contributed by atoms with Crippen molar-refractivity contribution in [2.45, 2.75) is 217 Å². The van der Waals surface area contributed by atoms with E-state index in [1.54, 1.807) is 0 Å². The van der Waals surface area contributed by atoms with Crippen molar-refractivity contribution in [3.63, 3.8) is 0 Å². The smallest absolute Gasteiger partial charge is 0.457 e. The average molecular weight is 1410 g/mol. The molecule has 11 atom stereocenters. The Bertz CT molecular complexity index is 3620. The molecule has 18 heteroatoms. The molecule has 2 fully saturated rings. The van der Waals surface area contributed by atoms with E-state index in [0.29, 0.717) is 17.5 Å². The summed E-state index contributed by atoms with van der Waals surface area (Å²) in [6.07, 6.45) is 1.48. The molecule has 8 aromatic rings. The minimum atomic E-state index is -4.93. The molecule has 1 aliphatic heterocycles. The van der Waals surface area contributed by atoms with Gasteiger partial charge in [-0.3, -0.25) is 18.4 Å². The van der Waals surface area contributed by atoms with Crippen LogP contribution in [0.1, 0.15) is 141 Å². The van der Waals surface area contributed by atoms with E-state index in [1.165, 1.54) is 51.4 Å². The molecule has 0 aromatic heterocycles. The van der Waals surface area contributed by atoms with E-state index < -0.39 is 81.1 Å². The summed E-state index contributed by atoms with van der Waals surface area (Å²) in [7, 11) is -4.93. The Morgan fingerprint density at radius 1 is 0.392 bits per heavy atom. The molecule has 5 unspecified atom stereocenters. The highest BCUT2D eigenvalue weighted by Gasteiger charge is 2.60. The fourth-order valence-corrected chi connectivity index (χ4v) is 14.2. The lowest BCUT2D eigenvalue weighted by Crippen LogP contribution is -2.69. The number of phosphoric acid groups is 1. The van der Waals surface area contributed by atoms with Gasteiger partial charge in [-0.15, -0.1) is 0 Å². The fraction of sp³-hybridized carbons (Fsp3) is 0.417. The van der Waals surface area contributed by atoms with Crippen LogP contribution in [0.2, 0.25) is 0 Å². The van der Waals surface area contributed by atoms with Crippen LogP contribution < -0.4 is 0 Å². The Kier molecular flexibility index (Phi) is 32.8. The standard InChI is InChI=1S/C84H100N3O14P/c1-2-3-4-5-6-7-8-9-10-11-12-13-38-55-74(88)99-81-79(94-60-69-47-30-18-31-48-69)78(93-59-68-45-28-17-29-46-68)80(95-61-70-49-32-19-33-50-70)82(83(81)101-102(89,96-62-71-51-34-20-35-52-71)97-63-72-53-36-21-37-54-72)100-84-75(86-87-85)77(92-58-67-43-26-16-27-44-67)76(91-57-66-41-24-15-25-42-66)73(98-84)64-90-56-65-39-22-14-23-40-65/h14-37,39-54,73,75-84H,2-13,38,55-64H2,1H3/t73?,75?,76-,77-,78?,79?,80-,81-,82+,83?,84-/m1/s1. The Labute approximate surface area is 602 Å². The van der Waals surface area contributed by atoms with Crippen molar-refractivity contribution in [2.24, 2.45) is 5.11 Å². The van der Waals surface area contributed by atoms with Crippen LogP contribution >= 0.6 is 7.82 Å². The summed E-state index contributed by atoms with van der Waals surface area (Å²) in [5.74, 6) is -0.566. The average Bonchev–Trinajstić information content (AvgIpc) is 0.750. The predicted molar refractivity (Wildman–Crippen MR) is 393 cm³/mol. The zero-order chi connectivity index (χ0) is 70.5. The Morgan fingerprint density at radius 3 is 1.10 bits per heavy atom. The van der Waals surface area contributed by atoms with Gasteiger partial charge in [0.05, 0.1) is 59.5 Å². The van der Waals surface area contributed by atoms with E-state index in [-0.39, 0.29) is 65.9 Å². The summed E-state index contributed by atoms with van der Waals surface area (Å²) in [6, 6.07) is 75.3. The summed E-state index contributed by atoms with van der Waals surface area (Å²) in [6.45, 7) is 2.13. The highest BCUT2D eigenvalue weighted by molar-refractivity contribution is 7.48. The molecule has 0 N–H and O–H groups in total. The van der Waals surface area contributed by atoms with E-state index in [0.717, 1.165) is 59.1 Å². The lowest BCUT2D eigenvalue weighted by Gasteiger charge is -2.51. The third-order valence-electron chi connectivity index (χ3n) is 18.3. The Hall–Kier alpha value is -7.67. The number of rotatable bonds is 45. The van der Waals surface area contributed by atoms with Gasteiger partial charge in [-0.2, -0.15) is 0 Å². The molecule has 10 rings (SSSR count). The van der Waals surface area contributed by atoms with Gasteiger partial charge in [0.2, 0.25) is 0 Å². The number of phosphoric ester groups is 1. The zero-order valence-electron chi connectivity index (χ0n) is 58.7. The number of nitrogens with zero attached hydrogens (tertiary/aromatic N) is 3. The molecular formula is C84H100N3O14P. The second kappa shape index (κ2) is 43.4. The van der Waals surface area contributed by atoms with E-state index in [4.69, 9.17) is 56.2 Å². The molecule has 0 radical (unpaired) electrons. The minimum absolute atomic E-state index is 0.0000934. The summed E-state index contributed by atoms with van der Waals surface area (Å²) in [5, 5.41) is 4.52. The quantitative estimate of drug-likeness (QED) is 0.00873. The zero-order valence-corrected chi connectivity index (χ0v) is 59.6. The van der Waals surface area contributed by atoms with E-state index in [9.17, 15) is 5.53 Å². The second-order valence-electron chi connectivity index (χ2n) is 26.1. The molecule has 2 aliphatic rings. The van der Waals surface area contributed by atoms with Crippen molar-refractivity contribution >= 4 is 13.8 Å². The van der Waals surface area contributed by atoms with Crippen LogP contribution in [-0.2, 0) is 118 Å². The van der Waals surface area contributed by atoms with Crippen LogP contribution in [0.3, 0.4) is 0 Å². The van der Waals surface area contributed by atoms with Crippen LogP contribution in [0, 0.1) is 0 Å². The second-order valence-corrected chi connectivity index (χ2v) is 27.8. The van der Waals surface area contributed by atoms with Gasteiger partial charge in [0.25, 0.3) is 0 Å². The van der Waals surface area contributed by atoms with Crippen LogP contribution in [-0.4, -0.2) is 79.8 Å². The number of benzene rings is 8. The van der Waals surface area contributed by atoms with Gasteiger partial charge in [-0.25, -0.2) is 4.57 Å². The maximum atomic E-state index is 16.5. The van der Waals surface area contributed by atoms with Gasteiger partial charge < -0.3 is 42.6 Å². The molecule has 0 bridgehead atoms. The van der Waals surface area contributed by atoms with Crippen molar-refractivity contribution in [3.05, 3.63) is 298 Å². The lowest BCUT2D eigenvalue weighted by atomic mass is 9.83. The third-order valence-corrected chi connectivity index (χ3v) is 19.7. The summed E-state index contributed by atoms with van der Waals surface area (Å²) in [4.78, 5) is 18.7. The van der Waals surface area contributed by atoms with E-state index >= 15 is 9.36 Å². The van der Waals surface area contributed by atoms with Crippen LogP contribution in [0.5, 0.6) is 0 Å². The first-order chi connectivity index (χ1) is 50.3. The van der Waals surface area contributed by atoms with Gasteiger partial charge in [-0.1, -0.05) is 332 Å². The highest BCUT2D eigenvalue weighted by Crippen LogP contribution is 2.55. The molecule has 0 amide bonds. The first-order valence-electron chi connectivity index (χ1n) is 36.4. The topological polar surface area (TPSA) is 194 Å². The summed E-state index contributed by atoms with van der Waals surface area (Å²) < 4.78 is 101. The first-order valence-corrected chi connectivity index (χ1v) is 37.9. The van der Waals surface area contributed by atoms with Gasteiger partial charge in [0.1, 0.15) is 54.9 Å². The normalized spacial score (nSPS) is 21.2. The van der Waals surface area contributed by atoms with Gasteiger partial charge in [-0.05, 0) is 56.5 Å². The monoisotopic (exact) mass is 1410 g/mol. The van der Waals surface area contributed by atoms with Crippen LogP contribution in [0.4, 0.5) is 0 Å². The van der Waals surface area contributed by atoms with Gasteiger partial charge >= 0.3 is 13.8 Å². The molecule has 1 saturated carbocycles. The summed E-state index contributed by atoms with van der Waals surface area (Å²) >= 11 is 0. The number of carbonyl (C=O) groups is 1. The number of carbonyl (C=O) groups excluding carboxylic acids is 1. The fourth-order valence-electron chi connectivity index (χ4n) is 12.9. The number of unbranched alkanes of at least 4 members (excludes halogenated alkanes) is 12. The van der Waals surface area contributed by atoms with Gasteiger partial charge in [0, 0.05) is 11.3 Å². The van der Waals surface area contributed by atoms with E-state index in [1.807, 2.05) is 243 Å². The molecule has 1 heterocycles. The molecule has 8 aromatic carbocycles. The van der Waals surface area contributed by atoms with Crippen molar-refractivity contribution < 1.29 is 65.6 Å². The maximum Gasteiger partial charge on any atom is 0.475 e. The van der Waals surface area contributed by atoms with Crippen molar-refractivity contribution in [1.29, 1.82) is 0 Å². The summed E-state index contributed by atoms with van der Waals surface area (Å²) in [5.41, 5.74) is 17.3. The highest BCUT2D eigenvalue weighted by atomic mass is 31.2. The predicted octanol–water partition coefficient (Wildman–Crippen LogP) is 19.3. The first kappa shape index (κ1) is 77.0. The minimum Gasteiger partial charge on any atom is -0.457 e. The molecule has 540 valence electrons. The molecule has 102 heavy (non-hydrogen) atoms. The van der Waals surface area contributed by atoms with Crippen molar-refractivity contribution in [2.75, 3.05) is 6.61 Å². The number of azide groups is 1. The van der Waals surface area contributed by atoms with Crippen LogP contribution in [0.25, 0.3) is 10.4 Å². The number of hydrogen-bond donors (Lipinski definition) is 0. The molecule has 17 nitrogen and oxygen atoms in total. The SMILES string of the molecule is CCCCCCCCCCCCCCCC(=O)O[C@@H]1C(OCc2ccccc2)C(OCc2ccccc2)[C@@H](OCc2ccccc2)[C@H](O[C@H]2OC(COCc3ccccc3)[C@@H](OCc3ccccc3)[C@H](OCc3ccccc3)C2N=[N+]=[N-])C1OP(=O)(OCc1ccccc1)OCc1ccccc1. The maximum absolute atomic E-state index is 16.5. The van der Waals surface area contributed by atoms with E-state index in [2.05, 4.69) is 16.9 Å². The number of esters is 1.